The summed E-state index contributed by atoms with van der Waals surface area (Å²) in [6, 6.07) is 0.793. The summed E-state index contributed by atoms with van der Waals surface area (Å²) in [4.78, 5) is 16.1. The van der Waals surface area contributed by atoms with E-state index in [4.69, 9.17) is 0 Å². The molecule has 1 aliphatic carbocycles. The van der Waals surface area contributed by atoms with Gasteiger partial charge >= 0.3 is 0 Å². The number of hydrogen-bond donors (Lipinski definition) is 1. The van der Waals surface area contributed by atoms with E-state index in [0.29, 0.717) is 0 Å². The van der Waals surface area contributed by atoms with Gasteiger partial charge in [0.25, 0.3) is 0 Å². The largest absolute Gasteiger partial charge is 0.342 e. The van der Waals surface area contributed by atoms with Crippen molar-refractivity contribution in [1.82, 2.24) is 15.1 Å². The highest BCUT2D eigenvalue weighted by atomic mass is 16.2. The average molecular weight is 237 g/mol. The summed E-state index contributed by atoms with van der Waals surface area (Å²) in [7, 11) is 0. The molecule has 0 aromatic heterocycles. The van der Waals surface area contributed by atoms with E-state index in [1.807, 2.05) is 4.90 Å². The van der Waals surface area contributed by atoms with Gasteiger partial charge in [-0.2, -0.15) is 0 Å². The zero-order valence-electron chi connectivity index (χ0n) is 10.7. The lowest BCUT2D eigenvalue weighted by molar-refractivity contribution is -0.128. The number of fused-ring (bicyclic) bond motifs is 1. The van der Waals surface area contributed by atoms with Crippen LogP contribution in [0.3, 0.4) is 0 Å². The van der Waals surface area contributed by atoms with Gasteiger partial charge in [-0.1, -0.05) is 0 Å². The maximum absolute atomic E-state index is 11.4. The predicted octanol–water partition coefficient (Wildman–Crippen LogP) is 0.149. The zero-order chi connectivity index (χ0) is 11.8. The predicted molar refractivity (Wildman–Crippen MR) is 66.7 cm³/mol. The minimum absolute atomic E-state index is 0.262. The molecule has 1 amide bonds. The van der Waals surface area contributed by atoms with Crippen LogP contribution in [0.4, 0.5) is 0 Å². The molecule has 96 valence electrons. The van der Waals surface area contributed by atoms with Crippen LogP contribution < -0.4 is 5.32 Å². The summed E-state index contributed by atoms with van der Waals surface area (Å²) in [6.45, 7) is 8.44. The molecule has 0 aromatic rings. The Balaban J connectivity index is 1.56. The molecule has 2 unspecified atom stereocenters. The van der Waals surface area contributed by atoms with E-state index in [2.05, 4.69) is 10.2 Å². The maximum atomic E-state index is 11.4. The second-order valence-electron chi connectivity index (χ2n) is 5.86. The minimum atomic E-state index is 0.262. The van der Waals surface area contributed by atoms with Crippen molar-refractivity contribution in [3.63, 3.8) is 0 Å². The first-order chi connectivity index (χ1) is 8.24. The van der Waals surface area contributed by atoms with Gasteiger partial charge in [-0.25, -0.2) is 0 Å². The number of nitrogens with one attached hydrogen (secondary N) is 1. The van der Waals surface area contributed by atoms with Gasteiger partial charge in [-0.05, 0) is 24.7 Å². The Bertz CT molecular complexity index is 287. The fourth-order valence-electron chi connectivity index (χ4n) is 3.87. The second-order valence-corrected chi connectivity index (χ2v) is 5.86. The summed E-state index contributed by atoms with van der Waals surface area (Å²) < 4.78 is 0. The molecule has 3 aliphatic rings. The minimum Gasteiger partial charge on any atom is -0.342 e. The van der Waals surface area contributed by atoms with Crippen molar-refractivity contribution in [2.24, 2.45) is 11.8 Å². The zero-order valence-corrected chi connectivity index (χ0v) is 10.7. The molecule has 2 aliphatic heterocycles. The summed E-state index contributed by atoms with van der Waals surface area (Å²) in [6.07, 6.45) is 2.63. The van der Waals surface area contributed by atoms with Crippen LogP contribution in [0.2, 0.25) is 0 Å². The third-order valence-electron chi connectivity index (χ3n) is 4.84. The van der Waals surface area contributed by atoms with Crippen LogP contribution in [0.1, 0.15) is 19.8 Å². The average Bonchev–Trinajstić information content (AvgIpc) is 2.87. The monoisotopic (exact) mass is 237 g/mol. The Labute approximate surface area is 103 Å². The summed E-state index contributed by atoms with van der Waals surface area (Å²) in [5.74, 6) is 1.82. The Morgan fingerprint density at radius 2 is 1.71 bits per heavy atom. The lowest BCUT2D eigenvalue weighted by Gasteiger charge is -2.33. The van der Waals surface area contributed by atoms with Crippen LogP contribution in [0.25, 0.3) is 0 Å². The Morgan fingerprint density at radius 1 is 1.12 bits per heavy atom. The Morgan fingerprint density at radius 3 is 2.24 bits per heavy atom. The van der Waals surface area contributed by atoms with E-state index >= 15 is 0 Å². The van der Waals surface area contributed by atoms with Crippen molar-refractivity contribution in [3.8, 4) is 0 Å². The third kappa shape index (κ3) is 2.20. The van der Waals surface area contributed by atoms with Crippen molar-refractivity contribution >= 4 is 5.91 Å². The van der Waals surface area contributed by atoms with Crippen LogP contribution in [0, 0.1) is 11.8 Å². The molecule has 2 saturated heterocycles. The first-order valence-electron chi connectivity index (χ1n) is 6.94. The number of nitrogens with zero attached hydrogens (tertiary/aromatic N) is 2. The first kappa shape index (κ1) is 11.5. The molecule has 2 heterocycles. The van der Waals surface area contributed by atoms with E-state index in [1.54, 1.807) is 6.92 Å². The quantitative estimate of drug-likeness (QED) is 0.705. The molecule has 1 N–H and O–H groups in total. The van der Waals surface area contributed by atoms with Crippen molar-refractivity contribution in [1.29, 1.82) is 0 Å². The van der Waals surface area contributed by atoms with E-state index in [9.17, 15) is 4.79 Å². The van der Waals surface area contributed by atoms with Gasteiger partial charge in [0, 0.05) is 52.2 Å². The molecule has 0 spiro atoms. The molecule has 0 radical (unpaired) electrons. The number of piperazine rings is 1. The van der Waals surface area contributed by atoms with E-state index < -0.39 is 0 Å². The SMILES string of the molecule is CC(=O)N1CC2CC(N3CCNCC3)CC2C1. The van der Waals surface area contributed by atoms with Crippen LogP contribution in [0.5, 0.6) is 0 Å². The fraction of sp³-hybridized carbons (Fsp3) is 0.923. The van der Waals surface area contributed by atoms with Gasteiger partial charge in [0.1, 0.15) is 0 Å². The maximum Gasteiger partial charge on any atom is 0.219 e. The van der Waals surface area contributed by atoms with Gasteiger partial charge in [-0.3, -0.25) is 9.69 Å². The summed E-state index contributed by atoms with van der Waals surface area (Å²) in [5, 5.41) is 3.42. The molecule has 4 nitrogen and oxygen atoms in total. The van der Waals surface area contributed by atoms with Crippen molar-refractivity contribution in [3.05, 3.63) is 0 Å². The lowest BCUT2D eigenvalue weighted by atomic mass is 10.0. The molecule has 17 heavy (non-hydrogen) atoms. The Kier molecular flexibility index (Phi) is 3.09. The van der Waals surface area contributed by atoms with Crippen molar-refractivity contribution in [2.75, 3.05) is 39.3 Å². The van der Waals surface area contributed by atoms with Crippen LogP contribution >= 0.6 is 0 Å². The first-order valence-corrected chi connectivity index (χ1v) is 6.94. The number of carbonyl (C=O) groups is 1. The third-order valence-corrected chi connectivity index (χ3v) is 4.84. The Hall–Kier alpha value is -0.610. The normalized spacial score (nSPS) is 38.4. The lowest BCUT2D eigenvalue weighted by Crippen LogP contribution is -2.48. The van der Waals surface area contributed by atoms with Crippen molar-refractivity contribution < 1.29 is 4.79 Å². The van der Waals surface area contributed by atoms with E-state index in [-0.39, 0.29) is 5.91 Å². The molecule has 2 atom stereocenters. The standard InChI is InChI=1S/C13H23N3O/c1-10(17)16-8-11-6-13(7-12(11)9-16)15-4-2-14-3-5-15/h11-14H,2-9H2,1H3. The van der Waals surface area contributed by atoms with Gasteiger partial charge < -0.3 is 10.2 Å². The van der Waals surface area contributed by atoms with Gasteiger partial charge in [0.15, 0.2) is 0 Å². The smallest absolute Gasteiger partial charge is 0.219 e. The summed E-state index contributed by atoms with van der Waals surface area (Å²) in [5.41, 5.74) is 0. The molecule has 0 bridgehead atoms. The van der Waals surface area contributed by atoms with Crippen LogP contribution in [-0.4, -0.2) is 61.0 Å². The molecule has 3 fully saturated rings. The van der Waals surface area contributed by atoms with E-state index in [0.717, 1.165) is 44.1 Å². The number of rotatable bonds is 1. The summed E-state index contributed by atoms with van der Waals surface area (Å²) >= 11 is 0. The highest BCUT2D eigenvalue weighted by molar-refractivity contribution is 5.73. The van der Waals surface area contributed by atoms with Gasteiger partial charge in [0.05, 0.1) is 0 Å². The van der Waals surface area contributed by atoms with Crippen LogP contribution in [-0.2, 0) is 4.79 Å². The molecular formula is C13H23N3O. The van der Waals surface area contributed by atoms with E-state index in [1.165, 1.54) is 25.9 Å². The molecular weight excluding hydrogens is 214 g/mol. The van der Waals surface area contributed by atoms with Gasteiger partial charge in [-0.15, -0.1) is 0 Å². The number of amides is 1. The highest BCUT2D eigenvalue weighted by Crippen LogP contribution is 2.40. The van der Waals surface area contributed by atoms with Crippen LogP contribution in [0.15, 0.2) is 0 Å². The fourth-order valence-corrected chi connectivity index (χ4v) is 3.87. The molecule has 1 saturated carbocycles. The second kappa shape index (κ2) is 4.58. The van der Waals surface area contributed by atoms with Gasteiger partial charge in [0.2, 0.25) is 5.91 Å². The topological polar surface area (TPSA) is 35.6 Å². The van der Waals surface area contributed by atoms with Crippen molar-refractivity contribution in [2.45, 2.75) is 25.8 Å². The number of carbonyl (C=O) groups excluding carboxylic acids is 1. The number of likely N-dealkylation sites (tertiary alicyclic amines) is 1. The molecule has 0 aromatic carbocycles. The number of hydrogen-bond acceptors (Lipinski definition) is 3. The highest BCUT2D eigenvalue weighted by Gasteiger charge is 2.43. The molecule has 3 rings (SSSR count). The molecule has 4 heteroatoms.